The third-order valence-electron chi connectivity index (χ3n) is 20.9. The minimum atomic E-state index is -0.671. The normalized spacial score (nSPS) is 27.6. The fourth-order valence-electron chi connectivity index (χ4n) is 18.2. The fraction of sp³-hybridized carbons (Fsp3) is 0.145. The highest BCUT2D eigenvalue weighted by Crippen LogP contribution is 2.85. The molecule has 0 amide bonds. The molecule has 9 aliphatic carbocycles. The molecule has 8 unspecified atom stereocenters. The molecule has 0 saturated heterocycles. The zero-order valence-corrected chi connectivity index (χ0v) is 43.5. The first-order valence-electron chi connectivity index (χ1n) is 28.7. The summed E-state index contributed by atoms with van der Waals surface area (Å²) in [7, 11) is 0. The van der Waals surface area contributed by atoms with E-state index in [1.165, 1.54) is 111 Å². The van der Waals surface area contributed by atoms with Gasteiger partial charge in [0.15, 0.2) is 5.78 Å². The molecular weight excluding hydrogens is 957 g/mol. The van der Waals surface area contributed by atoms with Gasteiger partial charge in [-0.15, -0.1) is 0 Å². The van der Waals surface area contributed by atoms with Gasteiger partial charge in [0.25, 0.3) is 0 Å². The van der Waals surface area contributed by atoms with Crippen molar-refractivity contribution in [2.24, 2.45) is 17.3 Å². The molecule has 2 heterocycles. The number of hydrogen-bond donors (Lipinski definition) is 0. The van der Waals surface area contributed by atoms with E-state index in [1.807, 2.05) is 0 Å². The molecule has 3 spiro atoms. The van der Waals surface area contributed by atoms with Crippen LogP contribution in [0, 0.1) is 17.3 Å². The molecule has 1 saturated carbocycles. The van der Waals surface area contributed by atoms with Crippen LogP contribution in [0.1, 0.15) is 81.2 Å². The summed E-state index contributed by atoms with van der Waals surface area (Å²) in [5.74, 6) is 0.792. The number of para-hydroxylation sites is 3. The lowest BCUT2D eigenvalue weighted by Gasteiger charge is -2.42. The van der Waals surface area contributed by atoms with Gasteiger partial charge in [0.2, 0.25) is 0 Å². The van der Waals surface area contributed by atoms with Crippen LogP contribution in [0.2, 0.25) is 0 Å². The Balaban J connectivity index is 0.801. The van der Waals surface area contributed by atoms with Crippen molar-refractivity contribution in [3.8, 4) is 16.8 Å². The molecule has 1 fully saturated rings. The Labute approximate surface area is 459 Å². The van der Waals surface area contributed by atoms with Crippen LogP contribution < -0.4 is 4.90 Å². The second-order valence-electron chi connectivity index (χ2n) is 23.9. The van der Waals surface area contributed by atoms with Gasteiger partial charge < -0.3 is 9.47 Å². The Hall–Kier alpha value is -9.05. The number of benzene rings is 8. The SMILES string of the molecule is O=C(C1=CC23C(C=C1)C2c1ccccc1C31C2=C(C=CCC2)c2ccccc21)C1C=CC2=C(C1)C1(c3ccccc32)c2cc(N3c4ccccc4C4C=CC=CC43)ccc2-c2ccc(-n3c4ccccc4c4ccccc43)cc21. The number of carbonyl (C=O) groups is 1. The minimum absolute atomic E-state index is 0.163. The van der Waals surface area contributed by atoms with E-state index in [4.69, 9.17) is 0 Å². The Kier molecular flexibility index (Phi) is 8.13. The first-order chi connectivity index (χ1) is 39.1. The number of rotatable bonds is 4. The summed E-state index contributed by atoms with van der Waals surface area (Å²) in [4.78, 5) is 18.7. The quantitative estimate of drug-likeness (QED) is 0.176. The molecule has 8 aromatic carbocycles. The van der Waals surface area contributed by atoms with Crippen molar-refractivity contribution in [1.29, 1.82) is 0 Å². The Morgan fingerprint density at radius 3 is 1.97 bits per heavy atom. The summed E-state index contributed by atoms with van der Waals surface area (Å²) >= 11 is 0. The summed E-state index contributed by atoms with van der Waals surface area (Å²) in [6, 6.07) is 69.1. The van der Waals surface area contributed by atoms with Crippen LogP contribution in [0.25, 0.3) is 49.8 Å². The maximum absolute atomic E-state index is 16.2. The molecule has 10 aliphatic rings. The highest BCUT2D eigenvalue weighted by Gasteiger charge is 2.80. The number of Topliss-reactive ketones (excluding diaryl/α,β-unsaturated/α-hetero) is 1. The number of aromatic nitrogens is 1. The van der Waals surface area contributed by atoms with Crippen LogP contribution >= 0.6 is 0 Å². The van der Waals surface area contributed by atoms with Crippen LogP contribution in [0.4, 0.5) is 11.4 Å². The Morgan fingerprint density at radius 1 is 0.519 bits per heavy atom. The van der Waals surface area contributed by atoms with Crippen LogP contribution in [0.5, 0.6) is 0 Å². The molecule has 3 heteroatoms. The van der Waals surface area contributed by atoms with E-state index in [2.05, 4.69) is 258 Å². The van der Waals surface area contributed by atoms with E-state index in [0.29, 0.717) is 18.3 Å². The van der Waals surface area contributed by atoms with Crippen molar-refractivity contribution in [2.45, 2.75) is 48.0 Å². The zero-order valence-electron chi connectivity index (χ0n) is 43.5. The summed E-state index contributed by atoms with van der Waals surface area (Å²) in [6.07, 6.45) is 28.4. The molecular formula is C76H52N2O. The van der Waals surface area contributed by atoms with Gasteiger partial charge in [0.1, 0.15) is 0 Å². The number of ketones is 1. The van der Waals surface area contributed by atoms with Gasteiger partial charge in [-0.25, -0.2) is 0 Å². The summed E-state index contributed by atoms with van der Waals surface area (Å²) in [5.41, 5.74) is 25.8. The van der Waals surface area contributed by atoms with Gasteiger partial charge in [-0.1, -0.05) is 206 Å². The number of nitrogens with zero attached hydrogens (tertiary/aromatic N) is 2. The average Bonchev–Trinajstić information content (AvgIpc) is 2.02. The van der Waals surface area contributed by atoms with E-state index in [0.717, 1.165) is 24.1 Å². The van der Waals surface area contributed by atoms with E-state index in [-0.39, 0.29) is 34.5 Å². The monoisotopic (exact) mass is 1010 g/mol. The average molecular weight is 1010 g/mol. The van der Waals surface area contributed by atoms with Crippen molar-refractivity contribution in [3.05, 3.63) is 316 Å². The van der Waals surface area contributed by atoms with Crippen molar-refractivity contribution in [2.75, 3.05) is 4.90 Å². The van der Waals surface area contributed by atoms with Crippen LogP contribution in [0.15, 0.2) is 266 Å². The molecule has 8 atom stereocenters. The molecule has 3 nitrogen and oxygen atoms in total. The van der Waals surface area contributed by atoms with Gasteiger partial charge >= 0.3 is 0 Å². The molecule has 0 N–H and O–H groups in total. The summed E-state index contributed by atoms with van der Waals surface area (Å²) < 4.78 is 2.47. The van der Waals surface area contributed by atoms with Gasteiger partial charge in [-0.05, 0) is 151 Å². The molecule has 9 aromatic rings. The maximum atomic E-state index is 16.2. The first-order valence-corrected chi connectivity index (χ1v) is 28.7. The second kappa shape index (κ2) is 14.9. The van der Waals surface area contributed by atoms with E-state index in [1.54, 1.807) is 5.57 Å². The molecule has 79 heavy (non-hydrogen) atoms. The topological polar surface area (TPSA) is 25.2 Å². The van der Waals surface area contributed by atoms with Crippen molar-refractivity contribution in [3.63, 3.8) is 0 Å². The van der Waals surface area contributed by atoms with E-state index in [9.17, 15) is 0 Å². The third kappa shape index (κ3) is 4.99. The number of carbonyl (C=O) groups excluding carboxylic acids is 1. The van der Waals surface area contributed by atoms with Crippen molar-refractivity contribution >= 4 is 50.1 Å². The molecule has 1 aliphatic heterocycles. The van der Waals surface area contributed by atoms with Gasteiger partial charge in [0.05, 0.1) is 27.9 Å². The van der Waals surface area contributed by atoms with Gasteiger partial charge in [-0.3, -0.25) is 4.79 Å². The number of hydrogen-bond acceptors (Lipinski definition) is 2. The predicted octanol–water partition coefficient (Wildman–Crippen LogP) is 17.1. The third-order valence-corrected chi connectivity index (χ3v) is 20.9. The van der Waals surface area contributed by atoms with Crippen molar-refractivity contribution in [1.82, 2.24) is 4.57 Å². The summed E-state index contributed by atoms with van der Waals surface area (Å²) in [5, 5.41) is 2.50. The van der Waals surface area contributed by atoms with E-state index >= 15 is 4.79 Å². The highest BCUT2D eigenvalue weighted by molar-refractivity contribution is 6.10. The molecule has 0 bridgehead atoms. The Bertz CT molecular complexity index is 4560. The lowest BCUT2D eigenvalue weighted by Crippen LogP contribution is -2.39. The molecule has 0 radical (unpaired) electrons. The van der Waals surface area contributed by atoms with Crippen LogP contribution in [0.3, 0.4) is 0 Å². The maximum Gasteiger partial charge on any atom is 0.169 e. The standard InChI is InChI=1S/C76H52N2O/c79-73(46-34-40-64-72-59-24-4-12-28-63(59)76(74(64,72)44-46)61-26-10-2-18-50(61)51-19-3-11-27-62(51)76)45-33-37-52-49-17-1-9-25-60(49)75(65(52)41-45)66-42-47(77-68-29-13-5-20-55(68)56-21-6-14-30-69(56)77)35-38-53(66)54-39-36-48(43-67(54)75)78-70-31-15-7-22-57(70)58-23-8-16-32-71(58)78/h1-10,12-26,28-40,42-45,55,64,68,72H,11,27,41H2. The van der Waals surface area contributed by atoms with Crippen LogP contribution in [-0.4, -0.2) is 16.4 Å². The number of allylic oxidation sites excluding steroid dienone is 14. The lowest BCUT2D eigenvalue weighted by atomic mass is 9.59. The van der Waals surface area contributed by atoms with Gasteiger partial charge in [-0.2, -0.15) is 0 Å². The minimum Gasteiger partial charge on any atom is -0.333 e. The number of anilines is 2. The highest BCUT2D eigenvalue weighted by atomic mass is 16.1. The second-order valence-corrected chi connectivity index (χ2v) is 23.9. The van der Waals surface area contributed by atoms with Crippen molar-refractivity contribution < 1.29 is 4.79 Å². The summed E-state index contributed by atoms with van der Waals surface area (Å²) in [6.45, 7) is 0. The molecule has 1 aromatic heterocycles. The van der Waals surface area contributed by atoms with Gasteiger partial charge in [0, 0.05) is 56.6 Å². The molecule has 19 rings (SSSR count). The number of fused-ring (bicyclic) bond motifs is 23. The lowest BCUT2D eigenvalue weighted by molar-refractivity contribution is -0.117. The van der Waals surface area contributed by atoms with Crippen LogP contribution in [-0.2, 0) is 15.6 Å². The largest absolute Gasteiger partial charge is 0.333 e. The predicted molar refractivity (Wildman–Crippen MR) is 320 cm³/mol. The van der Waals surface area contributed by atoms with E-state index < -0.39 is 5.41 Å². The fourth-order valence-corrected chi connectivity index (χ4v) is 18.2. The first kappa shape index (κ1) is 43.0. The molecule has 372 valence electrons. The zero-order chi connectivity index (χ0) is 51.5. The Morgan fingerprint density at radius 2 is 1.16 bits per heavy atom. The smallest absolute Gasteiger partial charge is 0.169 e.